The van der Waals surface area contributed by atoms with E-state index in [2.05, 4.69) is 54.7 Å². The SMILES string of the molecule is CCC(NC)c1cccc(-c2ccc3c(c2)CCCC3)c1. The lowest BCUT2D eigenvalue weighted by Crippen LogP contribution is -2.15. The Morgan fingerprint density at radius 1 is 0.952 bits per heavy atom. The highest BCUT2D eigenvalue weighted by Crippen LogP contribution is 2.29. The van der Waals surface area contributed by atoms with Crippen molar-refractivity contribution in [2.24, 2.45) is 0 Å². The standard InChI is InChI=1S/C20H25N/c1-3-20(21-2)19-10-6-9-17(14-19)18-12-11-15-7-4-5-8-16(15)13-18/h6,9-14,20-21H,3-5,7-8H2,1-2H3. The highest BCUT2D eigenvalue weighted by molar-refractivity contribution is 5.66. The third-order valence-electron chi connectivity index (χ3n) is 4.73. The molecule has 3 rings (SSSR count). The lowest BCUT2D eigenvalue weighted by atomic mass is 9.88. The van der Waals surface area contributed by atoms with Gasteiger partial charge in [0.2, 0.25) is 0 Å². The van der Waals surface area contributed by atoms with Crippen molar-refractivity contribution in [1.29, 1.82) is 0 Å². The normalized spacial score (nSPS) is 15.5. The summed E-state index contributed by atoms with van der Waals surface area (Å²) in [6.07, 6.45) is 6.31. The minimum Gasteiger partial charge on any atom is -0.313 e. The Kier molecular flexibility index (Phi) is 4.40. The number of hydrogen-bond acceptors (Lipinski definition) is 1. The fraction of sp³-hybridized carbons (Fsp3) is 0.400. The molecule has 0 spiro atoms. The van der Waals surface area contributed by atoms with Crippen LogP contribution in [0.15, 0.2) is 42.5 Å². The number of hydrogen-bond donors (Lipinski definition) is 1. The van der Waals surface area contributed by atoms with E-state index in [0.717, 1.165) is 6.42 Å². The number of rotatable bonds is 4. The van der Waals surface area contributed by atoms with E-state index >= 15 is 0 Å². The predicted molar refractivity (Wildman–Crippen MR) is 90.6 cm³/mol. The van der Waals surface area contributed by atoms with Gasteiger partial charge in [0.25, 0.3) is 0 Å². The Morgan fingerprint density at radius 3 is 2.48 bits per heavy atom. The van der Waals surface area contributed by atoms with Gasteiger partial charge < -0.3 is 5.32 Å². The van der Waals surface area contributed by atoms with E-state index < -0.39 is 0 Å². The first-order chi connectivity index (χ1) is 10.3. The molecule has 110 valence electrons. The van der Waals surface area contributed by atoms with Crippen LogP contribution in [0.2, 0.25) is 0 Å². The molecule has 2 aromatic rings. The van der Waals surface area contributed by atoms with E-state index in [4.69, 9.17) is 0 Å². The maximum Gasteiger partial charge on any atom is 0.0315 e. The van der Waals surface area contributed by atoms with Gasteiger partial charge in [0, 0.05) is 6.04 Å². The topological polar surface area (TPSA) is 12.0 Å². The molecule has 1 heteroatoms. The van der Waals surface area contributed by atoms with E-state index in [1.54, 1.807) is 11.1 Å². The van der Waals surface area contributed by atoms with E-state index in [-0.39, 0.29) is 0 Å². The second kappa shape index (κ2) is 6.44. The first-order valence-electron chi connectivity index (χ1n) is 8.21. The van der Waals surface area contributed by atoms with Crippen LogP contribution in [0.5, 0.6) is 0 Å². The van der Waals surface area contributed by atoms with Crippen LogP contribution in [-0.4, -0.2) is 7.05 Å². The summed E-state index contributed by atoms with van der Waals surface area (Å²) in [6, 6.07) is 16.5. The van der Waals surface area contributed by atoms with E-state index in [0.29, 0.717) is 6.04 Å². The Bertz CT molecular complexity index is 611. The van der Waals surface area contributed by atoms with Crippen LogP contribution in [-0.2, 0) is 12.8 Å². The molecule has 1 unspecified atom stereocenters. The van der Waals surface area contributed by atoms with Crippen LogP contribution in [0.4, 0.5) is 0 Å². The molecule has 0 aromatic heterocycles. The molecule has 1 atom stereocenters. The van der Waals surface area contributed by atoms with E-state index in [9.17, 15) is 0 Å². The van der Waals surface area contributed by atoms with Gasteiger partial charge in [-0.3, -0.25) is 0 Å². The van der Waals surface area contributed by atoms with Crippen LogP contribution in [0.1, 0.15) is 48.9 Å². The molecule has 0 saturated heterocycles. The minimum atomic E-state index is 0.447. The number of fused-ring (bicyclic) bond motifs is 1. The maximum absolute atomic E-state index is 3.40. The summed E-state index contributed by atoms with van der Waals surface area (Å²) < 4.78 is 0. The van der Waals surface area contributed by atoms with Crippen LogP contribution >= 0.6 is 0 Å². The first kappa shape index (κ1) is 14.3. The number of benzene rings is 2. The number of aryl methyl sites for hydroxylation is 2. The highest BCUT2D eigenvalue weighted by Gasteiger charge is 2.11. The van der Waals surface area contributed by atoms with E-state index in [1.807, 2.05) is 7.05 Å². The molecule has 1 nitrogen and oxygen atoms in total. The van der Waals surface area contributed by atoms with Crippen LogP contribution in [0, 0.1) is 0 Å². The lowest BCUT2D eigenvalue weighted by molar-refractivity contribution is 0.577. The van der Waals surface area contributed by atoms with Gasteiger partial charge in [-0.15, -0.1) is 0 Å². The quantitative estimate of drug-likeness (QED) is 0.839. The molecule has 0 heterocycles. The van der Waals surface area contributed by atoms with Crippen molar-refractivity contribution in [2.75, 3.05) is 7.05 Å². The molecule has 0 radical (unpaired) electrons. The van der Waals surface area contributed by atoms with E-state index in [1.165, 1.54) is 42.4 Å². The number of nitrogens with one attached hydrogen (secondary N) is 1. The highest BCUT2D eigenvalue weighted by atomic mass is 14.9. The van der Waals surface area contributed by atoms with Crippen LogP contribution in [0.25, 0.3) is 11.1 Å². The van der Waals surface area contributed by atoms with Crippen molar-refractivity contribution in [3.8, 4) is 11.1 Å². The van der Waals surface area contributed by atoms with Crippen LogP contribution < -0.4 is 5.32 Å². The molecular weight excluding hydrogens is 254 g/mol. The summed E-state index contributed by atoms with van der Waals surface area (Å²) in [5.41, 5.74) is 7.21. The van der Waals surface area contributed by atoms with Gasteiger partial charge in [-0.2, -0.15) is 0 Å². The Morgan fingerprint density at radius 2 is 1.71 bits per heavy atom. The van der Waals surface area contributed by atoms with Gasteiger partial charge in [-0.05, 0) is 73.0 Å². The van der Waals surface area contributed by atoms with Gasteiger partial charge in [-0.25, -0.2) is 0 Å². The predicted octanol–water partition coefficient (Wildman–Crippen LogP) is 4.90. The van der Waals surface area contributed by atoms with Gasteiger partial charge in [0.05, 0.1) is 0 Å². The average molecular weight is 279 g/mol. The third-order valence-corrected chi connectivity index (χ3v) is 4.73. The Labute approximate surface area is 128 Å². The molecule has 0 fully saturated rings. The zero-order valence-corrected chi connectivity index (χ0v) is 13.2. The van der Waals surface area contributed by atoms with Gasteiger partial charge in [-0.1, -0.05) is 43.3 Å². The summed E-state index contributed by atoms with van der Waals surface area (Å²) >= 11 is 0. The summed E-state index contributed by atoms with van der Waals surface area (Å²) in [5.74, 6) is 0. The first-order valence-corrected chi connectivity index (χ1v) is 8.21. The van der Waals surface area contributed by atoms with Crippen molar-refractivity contribution in [3.63, 3.8) is 0 Å². The zero-order chi connectivity index (χ0) is 14.7. The summed E-state index contributed by atoms with van der Waals surface area (Å²) in [4.78, 5) is 0. The van der Waals surface area contributed by atoms with Gasteiger partial charge >= 0.3 is 0 Å². The van der Waals surface area contributed by atoms with Gasteiger partial charge in [0.15, 0.2) is 0 Å². The molecule has 21 heavy (non-hydrogen) atoms. The maximum atomic E-state index is 3.40. The smallest absolute Gasteiger partial charge is 0.0315 e. The third kappa shape index (κ3) is 3.03. The zero-order valence-electron chi connectivity index (χ0n) is 13.2. The monoisotopic (exact) mass is 279 g/mol. The average Bonchev–Trinajstić information content (AvgIpc) is 2.56. The molecule has 1 N–H and O–H groups in total. The van der Waals surface area contributed by atoms with Crippen molar-refractivity contribution in [3.05, 3.63) is 59.2 Å². The van der Waals surface area contributed by atoms with Crippen molar-refractivity contribution >= 4 is 0 Å². The largest absolute Gasteiger partial charge is 0.313 e. The van der Waals surface area contributed by atoms with Crippen molar-refractivity contribution in [2.45, 2.75) is 45.1 Å². The molecule has 1 aliphatic rings. The molecule has 0 saturated carbocycles. The molecule has 2 aromatic carbocycles. The molecule has 0 amide bonds. The fourth-order valence-electron chi connectivity index (χ4n) is 3.45. The van der Waals surface area contributed by atoms with Crippen molar-refractivity contribution < 1.29 is 0 Å². The molecular formula is C20H25N. The molecule has 1 aliphatic carbocycles. The van der Waals surface area contributed by atoms with Crippen molar-refractivity contribution in [1.82, 2.24) is 5.32 Å². The summed E-state index contributed by atoms with van der Waals surface area (Å²) in [7, 11) is 2.04. The second-order valence-corrected chi connectivity index (χ2v) is 6.07. The molecule has 0 aliphatic heterocycles. The minimum absolute atomic E-state index is 0.447. The second-order valence-electron chi connectivity index (χ2n) is 6.07. The van der Waals surface area contributed by atoms with Gasteiger partial charge in [0.1, 0.15) is 0 Å². The summed E-state index contributed by atoms with van der Waals surface area (Å²) in [6.45, 7) is 2.23. The molecule has 0 bridgehead atoms. The Balaban J connectivity index is 1.95. The van der Waals surface area contributed by atoms with Crippen LogP contribution in [0.3, 0.4) is 0 Å². The fourth-order valence-corrected chi connectivity index (χ4v) is 3.45. The summed E-state index contributed by atoms with van der Waals surface area (Å²) in [5, 5.41) is 3.40. The Hall–Kier alpha value is -1.60. The lowest BCUT2D eigenvalue weighted by Gasteiger charge is -2.18.